The maximum atomic E-state index is 11.9. The van der Waals surface area contributed by atoms with E-state index in [9.17, 15) is 39.5 Å². The molecular weight excluding hydrogens is 231 g/mol. The normalized spacial score (nSPS) is 14.1. The molecule has 0 fully saturated rings. The van der Waals surface area contributed by atoms with Crippen LogP contribution in [0.3, 0.4) is 0 Å². The van der Waals surface area contributed by atoms with E-state index in [0.717, 1.165) is 0 Å². The highest BCUT2D eigenvalue weighted by molar-refractivity contribution is 5.05. The minimum absolute atomic E-state index is 1.74. The van der Waals surface area contributed by atoms with Gasteiger partial charge in [0.2, 0.25) is 0 Å². The van der Waals surface area contributed by atoms with Crippen molar-refractivity contribution in [2.45, 2.75) is 18.0 Å². The third-order valence-corrected chi connectivity index (χ3v) is 1.07. The Balaban J connectivity index is 5.18. The number of hydrogen-bond acceptors (Lipinski definition) is 0. The molecule has 0 N–H and O–H groups in total. The Morgan fingerprint density at radius 1 is 0.786 bits per heavy atom. The highest BCUT2D eigenvalue weighted by Gasteiger charge is 2.72. The molecule has 0 aromatic heterocycles. The summed E-state index contributed by atoms with van der Waals surface area (Å²) in [6.45, 7) is 0. The van der Waals surface area contributed by atoms with Gasteiger partial charge in [-0.05, 0) is 0 Å². The van der Waals surface area contributed by atoms with Crippen LogP contribution in [0.2, 0.25) is 0 Å². The summed E-state index contributed by atoms with van der Waals surface area (Å²) >= 11 is 0. The fourth-order valence-electron chi connectivity index (χ4n) is 0.417. The molecule has 0 amide bonds. The van der Waals surface area contributed by atoms with Crippen LogP contribution in [-0.4, -0.2) is 18.0 Å². The van der Waals surface area contributed by atoms with Crippen LogP contribution in [0.4, 0.5) is 39.5 Å². The van der Waals surface area contributed by atoms with Gasteiger partial charge in [-0.25, -0.2) is 0 Å². The lowest BCUT2D eigenvalue weighted by Gasteiger charge is -2.25. The first-order valence-corrected chi connectivity index (χ1v) is 2.78. The second-order valence-electron chi connectivity index (χ2n) is 2.13. The smallest absolute Gasteiger partial charge is 0.194 e. The number of hydrogen-bond donors (Lipinski definition) is 0. The molecule has 0 spiro atoms. The van der Waals surface area contributed by atoms with Crippen LogP contribution in [-0.2, 0) is 0 Å². The maximum Gasteiger partial charge on any atom is 0.460 e. The lowest BCUT2D eigenvalue weighted by molar-refractivity contribution is -0.342. The van der Waals surface area contributed by atoms with Gasteiger partial charge in [0.25, 0.3) is 6.08 Å². The van der Waals surface area contributed by atoms with Crippen LogP contribution in [0.5, 0.6) is 0 Å². The summed E-state index contributed by atoms with van der Waals surface area (Å²) in [6.07, 6.45) is -11.7. The number of allylic oxidation sites excluding steroid dienone is 1. The predicted octanol–water partition coefficient (Wildman–Crippen LogP) is 3.60. The van der Waals surface area contributed by atoms with Crippen molar-refractivity contribution in [2.75, 3.05) is 0 Å². The fraction of sp³-hybridized carbons (Fsp3) is 0.600. The van der Waals surface area contributed by atoms with Gasteiger partial charge in [0.15, 0.2) is 0 Å². The van der Waals surface area contributed by atoms with Gasteiger partial charge < -0.3 is 0 Å². The molecule has 0 aromatic carbocycles. The van der Waals surface area contributed by atoms with E-state index in [4.69, 9.17) is 0 Å². The van der Waals surface area contributed by atoms with Crippen LogP contribution in [0.1, 0.15) is 0 Å². The molecule has 0 radical (unpaired) electrons. The van der Waals surface area contributed by atoms with E-state index in [0.29, 0.717) is 0 Å². The van der Waals surface area contributed by atoms with Gasteiger partial charge in [0.1, 0.15) is 0 Å². The van der Waals surface area contributed by atoms with E-state index in [1.807, 2.05) is 0 Å². The third kappa shape index (κ3) is 2.32. The zero-order valence-electron chi connectivity index (χ0n) is 5.98. The Morgan fingerprint density at radius 2 is 1.14 bits per heavy atom. The van der Waals surface area contributed by atoms with Gasteiger partial charge in [-0.1, -0.05) is 0 Å². The van der Waals surface area contributed by atoms with Crippen molar-refractivity contribution in [3.05, 3.63) is 12.2 Å². The van der Waals surface area contributed by atoms with Gasteiger partial charge in [-0.3, -0.25) is 0 Å². The monoisotopic (exact) mass is 232 g/mol. The molecule has 0 rings (SSSR count). The first kappa shape index (κ1) is 13.1. The summed E-state index contributed by atoms with van der Waals surface area (Å²) in [5.41, 5.74) is 0. The number of rotatable bonds is 2. The zero-order chi connectivity index (χ0) is 11.8. The highest BCUT2D eigenvalue weighted by Crippen LogP contribution is 2.47. The molecule has 84 valence electrons. The molecule has 0 saturated carbocycles. The first-order valence-electron chi connectivity index (χ1n) is 2.78. The van der Waals surface area contributed by atoms with Crippen LogP contribution in [0.15, 0.2) is 12.2 Å². The molecule has 0 aliphatic heterocycles. The van der Waals surface area contributed by atoms with Crippen molar-refractivity contribution in [3.8, 4) is 0 Å². The molecule has 0 saturated heterocycles. The van der Waals surface area contributed by atoms with Gasteiger partial charge in [0, 0.05) is 0 Å². The first-order chi connectivity index (χ1) is 5.92. The largest absolute Gasteiger partial charge is 0.460 e. The number of alkyl halides is 7. The molecule has 0 aliphatic rings. The zero-order valence-corrected chi connectivity index (χ0v) is 5.98. The Morgan fingerprint density at radius 3 is 1.36 bits per heavy atom. The van der Waals surface area contributed by atoms with Gasteiger partial charge in [-0.15, -0.1) is 0 Å². The molecular formula is C5HF9. The second kappa shape index (κ2) is 3.35. The fourth-order valence-corrected chi connectivity index (χ4v) is 0.417. The summed E-state index contributed by atoms with van der Waals surface area (Å²) < 4.78 is 104. The van der Waals surface area contributed by atoms with Crippen molar-refractivity contribution < 1.29 is 39.5 Å². The quantitative estimate of drug-likeness (QED) is 0.638. The molecule has 0 nitrogen and oxygen atoms in total. The summed E-state index contributed by atoms with van der Waals surface area (Å²) in [7, 11) is 0. The summed E-state index contributed by atoms with van der Waals surface area (Å²) in [5, 5.41) is 0. The van der Waals surface area contributed by atoms with E-state index in [1.54, 1.807) is 0 Å². The minimum Gasteiger partial charge on any atom is -0.194 e. The second-order valence-corrected chi connectivity index (χ2v) is 2.13. The molecule has 0 bridgehead atoms. The third-order valence-electron chi connectivity index (χ3n) is 1.07. The van der Waals surface area contributed by atoms with Gasteiger partial charge >= 0.3 is 18.0 Å². The molecule has 0 heterocycles. The molecule has 14 heavy (non-hydrogen) atoms. The topological polar surface area (TPSA) is 0 Å². The minimum atomic E-state index is -6.59. The number of halogens is 9. The van der Waals surface area contributed by atoms with Crippen LogP contribution in [0, 0.1) is 0 Å². The van der Waals surface area contributed by atoms with Crippen LogP contribution in [0.25, 0.3) is 0 Å². The Kier molecular flexibility index (Phi) is 3.14. The lowest BCUT2D eigenvalue weighted by Crippen LogP contribution is -2.50. The van der Waals surface area contributed by atoms with E-state index < -0.39 is 30.2 Å². The highest BCUT2D eigenvalue weighted by atomic mass is 19.4. The van der Waals surface area contributed by atoms with Crippen molar-refractivity contribution in [2.24, 2.45) is 0 Å². The Labute approximate surface area is 71.0 Å². The Hall–Kier alpha value is -0.890. The van der Waals surface area contributed by atoms with Crippen molar-refractivity contribution in [1.29, 1.82) is 0 Å². The van der Waals surface area contributed by atoms with Crippen molar-refractivity contribution in [1.82, 2.24) is 0 Å². The average molecular weight is 232 g/mol. The molecule has 0 unspecified atom stereocenters. The van der Waals surface area contributed by atoms with E-state index in [1.165, 1.54) is 0 Å². The van der Waals surface area contributed by atoms with E-state index in [-0.39, 0.29) is 0 Å². The molecule has 9 heteroatoms. The van der Waals surface area contributed by atoms with Crippen LogP contribution < -0.4 is 0 Å². The SMILES string of the molecule is FC(F)=CC(F)(F)C(F)(F)C(F)(F)F. The van der Waals surface area contributed by atoms with Crippen LogP contribution >= 0.6 is 0 Å². The predicted molar refractivity (Wildman–Crippen MR) is 26.2 cm³/mol. The van der Waals surface area contributed by atoms with Gasteiger partial charge in [0.05, 0.1) is 6.08 Å². The average Bonchev–Trinajstić information content (AvgIpc) is 1.80. The van der Waals surface area contributed by atoms with Gasteiger partial charge in [-0.2, -0.15) is 39.5 Å². The lowest BCUT2D eigenvalue weighted by atomic mass is 10.1. The molecule has 0 aliphatic carbocycles. The molecule has 0 atom stereocenters. The molecule has 0 aromatic rings. The summed E-state index contributed by atoms with van der Waals surface area (Å²) in [4.78, 5) is 0. The van der Waals surface area contributed by atoms with Crippen molar-refractivity contribution >= 4 is 0 Å². The maximum absolute atomic E-state index is 11.9. The van der Waals surface area contributed by atoms with E-state index >= 15 is 0 Å². The summed E-state index contributed by atoms with van der Waals surface area (Å²) in [5.74, 6) is -12.5. The van der Waals surface area contributed by atoms with Crippen molar-refractivity contribution in [3.63, 3.8) is 0 Å². The standard InChI is InChI=1S/C5HF9/c6-2(7)1-3(8,9)4(10,11)5(12,13)14/h1H. The summed E-state index contributed by atoms with van der Waals surface area (Å²) in [6, 6.07) is 0. The van der Waals surface area contributed by atoms with E-state index in [2.05, 4.69) is 0 Å². The Bertz CT molecular complexity index is 230.